The summed E-state index contributed by atoms with van der Waals surface area (Å²) in [6.07, 6.45) is 12.2. The average Bonchev–Trinajstić information content (AvgIpc) is 2.82. The monoisotopic (exact) mass is 315 g/mol. The molecular weight excluding hydrogens is 282 g/mol. The van der Waals surface area contributed by atoms with E-state index in [1.165, 1.54) is 32.1 Å². The Hall–Kier alpha value is -0.630. The number of rotatable bonds is 1. The van der Waals surface area contributed by atoms with Gasteiger partial charge in [0.05, 0.1) is 0 Å². The number of allylic oxidation sites excluding steroid dienone is 1. The van der Waals surface area contributed by atoms with Gasteiger partial charge in [-0.05, 0) is 82.2 Å². The molecule has 0 aromatic rings. The molecule has 0 aliphatic heterocycles. The minimum absolute atomic E-state index is 0.0176. The lowest BCUT2D eigenvalue weighted by atomic mass is 9.48. The van der Waals surface area contributed by atoms with E-state index in [1.807, 2.05) is 0 Å². The molecule has 3 fully saturated rings. The molecule has 0 aromatic heterocycles. The second-order valence-corrected chi connectivity index (χ2v) is 9.54. The summed E-state index contributed by atoms with van der Waals surface area (Å²) in [7, 11) is 4.46. The van der Waals surface area contributed by atoms with E-state index < -0.39 is 0 Å². The Kier molecular flexibility index (Phi) is 3.58. The number of carbonyl (C=O) groups excluding carboxylic acids is 1. The van der Waals surface area contributed by atoms with Gasteiger partial charge >= 0.3 is 0 Å². The summed E-state index contributed by atoms with van der Waals surface area (Å²) in [5.41, 5.74) is 2.18. The smallest absolute Gasteiger partial charge is 0.139 e. The van der Waals surface area contributed by atoms with Crippen LogP contribution in [0.3, 0.4) is 0 Å². The Balaban J connectivity index is 1.64. The van der Waals surface area contributed by atoms with Crippen LogP contribution >= 0.6 is 0 Å². The number of carbonyl (C=O) groups is 1. The second kappa shape index (κ2) is 5.18. The first-order chi connectivity index (χ1) is 10.9. The fraction of sp³-hybridized carbons (Fsp3) is 0.857. The molecule has 0 radical (unpaired) electrons. The van der Waals surface area contributed by atoms with E-state index in [4.69, 9.17) is 0 Å². The summed E-state index contributed by atoms with van der Waals surface area (Å²) in [4.78, 5) is 14.9. The van der Waals surface area contributed by atoms with Crippen LogP contribution < -0.4 is 0 Å². The van der Waals surface area contributed by atoms with Crippen LogP contribution in [0.25, 0.3) is 0 Å². The van der Waals surface area contributed by atoms with E-state index in [-0.39, 0.29) is 5.41 Å². The van der Waals surface area contributed by atoms with Crippen molar-refractivity contribution in [2.24, 2.45) is 28.6 Å². The molecule has 6 atom stereocenters. The average molecular weight is 316 g/mol. The van der Waals surface area contributed by atoms with Crippen LogP contribution in [0.15, 0.2) is 11.6 Å². The summed E-state index contributed by atoms with van der Waals surface area (Å²) >= 11 is 0. The molecule has 0 heterocycles. The van der Waals surface area contributed by atoms with Crippen molar-refractivity contribution in [2.75, 3.05) is 14.1 Å². The lowest BCUT2D eigenvalue weighted by molar-refractivity contribution is -0.131. The number of fused-ring (bicyclic) bond motifs is 5. The van der Waals surface area contributed by atoms with Crippen molar-refractivity contribution in [3.63, 3.8) is 0 Å². The molecule has 23 heavy (non-hydrogen) atoms. The quantitative estimate of drug-likeness (QED) is 0.666. The highest BCUT2D eigenvalue weighted by Gasteiger charge is 2.58. The van der Waals surface area contributed by atoms with Crippen molar-refractivity contribution in [3.8, 4) is 0 Å². The number of hydrogen-bond acceptors (Lipinski definition) is 2. The van der Waals surface area contributed by atoms with Crippen molar-refractivity contribution in [1.29, 1.82) is 0 Å². The van der Waals surface area contributed by atoms with Gasteiger partial charge in [-0.1, -0.05) is 25.5 Å². The van der Waals surface area contributed by atoms with Gasteiger partial charge < -0.3 is 4.90 Å². The van der Waals surface area contributed by atoms with Gasteiger partial charge in [0.1, 0.15) is 5.78 Å². The zero-order valence-electron chi connectivity index (χ0n) is 15.4. The third-order valence-electron chi connectivity index (χ3n) is 8.52. The third-order valence-corrected chi connectivity index (χ3v) is 8.52. The molecular formula is C21H33NO. The van der Waals surface area contributed by atoms with E-state index in [0.717, 1.165) is 37.1 Å². The SMILES string of the molecule is CN(C)[C@H]1CC[C@@]2(C)C(=CC[C@@H]3C2CC[C@]2(C)C(=O)CC[C@@H]32)C1. The van der Waals surface area contributed by atoms with Gasteiger partial charge in [-0.15, -0.1) is 0 Å². The highest BCUT2D eigenvalue weighted by Crippen LogP contribution is 2.64. The first kappa shape index (κ1) is 15.9. The molecule has 0 aromatic carbocycles. The molecule has 0 N–H and O–H groups in total. The van der Waals surface area contributed by atoms with Crippen LogP contribution in [0, 0.1) is 28.6 Å². The maximum atomic E-state index is 12.5. The largest absolute Gasteiger partial charge is 0.306 e. The second-order valence-electron chi connectivity index (χ2n) is 9.54. The molecule has 128 valence electrons. The first-order valence-electron chi connectivity index (χ1n) is 9.75. The van der Waals surface area contributed by atoms with Crippen molar-refractivity contribution < 1.29 is 4.79 Å². The Labute approximate surface area is 141 Å². The normalized spacial score (nSPS) is 49.4. The molecule has 2 heteroatoms. The summed E-state index contributed by atoms with van der Waals surface area (Å²) in [5, 5.41) is 0. The molecule has 4 aliphatic carbocycles. The van der Waals surface area contributed by atoms with Gasteiger partial charge in [0.2, 0.25) is 0 Å². The number of nitrogens with zero attached hydrogens (tertiary/aromatic N) is 1. The Bertz CT molecular complexity index is 550. The van der Waals surface area contributed by atoms with Crippen LogP contribution in [0.1, 0.15) is 65.2 Å². The van der Waals surface area contributed by atoms with E-state index in [9.17, 15) is 4.79 Å². The maximum Gasteiger partial charge on any atom is 0.139 e. The van der Waals surface area contributed by atoms with E-state index >= 15 is 0 Å². The summed E-state index contributed by atoms with van der Waals surface area (Å²) in [6, 6.07) is 0.729. The van der Waals surface area contributed by atoms with E-state index in [0.29, 0.717) is 17.1 Å². The van der Waals surface area contributed by atoms with Gasteiger partial charge in [0.25, 0.3) is 0 Å². The van der Waals surface area contributed by atoms with E-state index in [2.05, 4.69) is 38.9 Å². The number of hydrogen-bond donors (Lipinski definition) is 0. The minimum Gasteiger partial charge on any atom is -0.306 e. The molecule has 4 rings (SSSR count). The fourth-order valence-corrected chi connectivity index (χ4v) is 6.85. The van der Waals surface area contributed by atoms with E-state index in [1.54, 1.807) is 5.57 Å². The highest BCUT2D eigenvalue weighted by atomic mass is 16.1. The lowest BCUT2D eigenvalue weighted by Crippen LogP contribution is -2.51. The molecule has 2 nitrogen and oxygen atoms in total. The predicted molar refractivity (Wildman–Crippen MR) is 94.2 cm³/mol. The van der Waals surface area contributed by atoms with Gasteiger partial charge in [0.15, 0.2) is 0 Å². The fourth-order valence-electron chi connectivity index (χ4n) is 6.85. The molecule has 0 amide bonds. The van der Waals surface area contributed by atoms with Crippen LogP contribution in [-0.4, -0.2) is 30.8 Å². The van der Waals surface area contributed by atoms with Gasteiger partial charge in [-0.3, -0.25) is 4.79 Å². The van der Waals surface area contributed by atoms with Gasteiger partial charge in [0, 0.05) is 17.9 Å². The Morgan fingerprint density at radius 3 is 2.48 bits per heavy atom. The molecule has 0 saturated heterocycles. The first-order valence-corrected chi connectivity index (χ1v) is 9.75. The van der Waals surface area contributed by atoms with Crippen molar-refractivity contribution >= 4 is 5.78 Å². The molecule has 0 bridgehead atoms. The minimum atomic E-state index is 0.0176. The zero-order valence-corrected chi connectivity index (χ0v) is 15.4. The van der Waals surface area contributed by atoms with Crippen molar-refractivity contribution in [1.82, 2.24) is 4.90 Å². The molecule has 0 spiro atoms. The van der Waals surface area contributed by atoms with Gasteiger partial charge in [-0.25, -0.2) is 0 Å². The number of Topliss-reactive ketones (excluding diaryl/α,β-unsaturated/α-hetero) is 1. The molecule has 4 aliphatic rings. The standard InChI is InChI=1S/C21H33NO/c1-20-11-9-15(22(3)4)13-14(20)5-6-16-17-7-8-19(23)21(17,2)12-10-18(16)20/h5,15-18H,6-13H2,1-4H3/t15-,16-,17-,18?,20-,21-/m0/s1. The van der Waals surface area contributed by atoms with Crippen molar-refractivity contribution in [3.05, 3.63) is 11.6 Å². The van der Waals surface area contributed by atoms with Crippen LogP contribution in [-0.2, 0) is 4.79 Å². The topological polar surface area (TPSA) is 20.3 Å². The number of ketones is 1. The Morgan fingerprint density at radius 1 is 1.04 bits per heavy atom. The lowest BCUT2D eigenvalue weighted by Gasteiger charge is -2.57. The Morgan fingerprint density at radius 2 is 1.74 bits per heavy atom. The van der Waals surface area contributed by atoms with Crippen molar-refractivity contribution in [2.45, 2.75) is 71.3 Å². The molecule has 1 unspecified atom stereocenters. The summed E-state index contributed by atoms with van der Waals surface area (Å²) < 4.78 is 0. The predicted octanol–water partition coefficient (Wildman–Crippen LogP) is 4.45. The summed E-state index contributed by atoms with van der Waals surface area (Å²) in [6.45, 7) is 4.84. The summed E-state index contributed by atoms with van der Waals surface area (Å²) in [5.74, 6) is 2.83. The van der Waals surface area contributed by atoms with Crippen LogP contribution in [0.4, 0.5) is 0 Å². The van der Waals surface area contributed by atoms with Crippen LogP contribution in [0.5, 0.6) is 0 Å². The van der Waals surface area contributed by atoms with Gasteiger partial charge in [-0.2, -0.15) is 0 Å². The highest BCUT2D eigenvalue weighted by molar-refractivity contribution is 5.87. The third kappa shape index (κ3) is 2.13. The zero-order chi connectivity index (χ0) is 16.4. The maximum absolute atomic E-state index is 12.5. The van der Waals surface area contributed by atoms with Crippen LogP contribution in [0.2, 0.25) is 0 Å². The molecule has 3 saturated carbocycles.